The van der Waals surface area contributed by atoms with Gasteiger partial charge in [-0.15, -0.1) is 0 Å². The Labute approximate surface area is 112 Å². The number of rotatable bonds is 4. The van der Waals surface area contributed by atoms with E-state index in [2.05, 4.69) is 5.32 Å². The summed E-state index contributed by atoms with van der Waals surface area (Å²) < 4.78 is 0. The first-order chi connectivity index (χ1) is 8.87. The Morgan fingerprint density at radius 2 is 1.95 bits per heavy atom. The highest BCUT2D eigenvalue weighted by molar-refractivity contribution is 5.76. The van der Waals surface area contributed by atoms with Crippen LogP contribution in [0.2, 0.25) is 0 Å². The van der Waals surface area contributed by atoms with E-state index in [0.29, 0.717) is 31.8 Å². The van der Waals surface area contributed by atoms with Crippen LogP contribution in [0.4, 0.5) is 4.79 Å². The van der Waals surface area contributed by atoms with Crippen LogP contribution in [0.1, 0.15) is 39.0 Å². The fourth-order valence-corrected chi connectivity index (χ4v) is 2.46. The van der Waals surface area contributed by atoms with Crippen molar-refractivity contribution in [3.63, 3.8) is 0 Å². The second-order valence-electron chi connectivity index (χ2n) is 5.98. The maximum atomic E-state index is 12.1. The number of aliphatic carboxylic acids is 1. The predicted molar refractivity (Wildman–Crippen MR) is 68.7 cm³/mol. The molecule has 1 heterocycles. The molecule has 2 fully saturated rings. The Bertz CT molecular complexity index is 356. The van der Waals surface area contributed by atoms with Crippen LogP contribution in [0.15, 0.2) is 0 Å². The smallest absolute Gasteiger partial charge is 0.317 e. The fourth-order valence-electron chi connectivity index (χ4n) is 2.46. The summed E-state index contributed by atoms with van der Waals surface area (Å²) in [7, 11) is 0. The lowest BCUT2D eigenvalue weighted by Crippen LogP contribution is -2.51. The SMILES string of the molecule is CC1(O)CCN(C(=O)NC(CC(=O)O)C2CC2)CC1. The first-order valence-electron chi connectivity index (χ1n) is 6.87. The molecule has 19 heavy (non-hydrogen) atoms. The summed E-state index contributed by atoms with van der Waals surface area (Å²) in [5, 5.41) is 21.5. The monoisotopic (exact) mass is 270 g/mol. The van der Waals surface area contributed by atoms with Crippen molar-refractivity contribution in [3.05, 3.63) is 0 Å². The van der Waals surface area contributed by atoms with Gasteiger partial charge in [-0.2, -0.15) is 0 Å². The zero-order valence-electron chi connectivity index (χ0n) is 11.3. The Morgan fingerprint density at radius 3 is 2.42 bits per heavy atom. The van der Waals surface area contributed by atoms with Crippen LogP contribution in [-0.4, -0.2) is 51.8 Å². The van der Waals surface area contributed by atoms with Gasteiger partial charge in [0.05, 0.1) is 12.0 Å². The van der Waals surface area contributed by atoms with Gasteiger partial charge in [0, 0.05) is 19.1 Å². The quantitative estimate of drug-likeness (QED) is 0.704. The zero-order valence-corrected chi connectivity index (χ0v) is 11.3. The Morgan fingerprint density at radius 1 is 1.37 bits per heavy atom. The van der Waals surface area contributed by atoms with Gasteiger partial charge in [-0.3, -0.25) is 4.79 Å². The fraction of sp³-hybridized carbons (Fsp3) is 0.846. The second-order valence-corrected chi connectivity index (χ2v) is 5.98. The molecule has 0 aromatic carbocycles. The maximum Gasteiger partial charge on any atom is 0.317 e. The van der Waals surface area contributed by atoms with Crippen molar-refractivity contribution in [3.8, 4) is 0 Å². The number of urea groups is 1. The number of carbonyl (C=O) groups excluding carboxylic acids is 1. The van der Waals surface area contributed by atoms with Crippen LogP contribution in [0.25, 0.3) is 0 Å². The van der Waals surface area contributed by atoms with Crippen LogP contribution >= 0.6 is 0 Å². The number of likely N-dealkylation sites (tertiary alicyclic amines) is 1. The van der Waals surface area contributed by atoms with E-state index in [-0.39, 0.29) is 18.5 Å². The number of carbonyl (C=O) groups is 2. The summed E-state index contributed by atoms with van der Waals surface area (Å²) in [5.74, 6) is -0.563. The number of carboxylic acid groups (broad SMARTS) is 1. The third-order valence-electron chi connectivity index (χ3n) is 4.02. The van der Waals surface area contributed by atoms with Crippen LogP contribution < -0.4 is 5.32 Å². The van der Waals surface area contributed by atoms with E-state index in [1.807, 2.05) is 0 Å². The van der Waals surface area contributed by atoms with Crippen molar-refractivity contribution in [2.24, 2.45) is 5.92 Å². The largest absolute Gasteiger partial charge is 0.481 e. The molecule has 0 spiro atoms. The van der Waals surface area contributed by atoms with E-state index in [0.717, 1.165) is 12.8 Å². The van der Waals surface area contributed by atoms with E-state index < -0.39 is 11.6 Å². The molecule has 6 nitrogen and oxygen atoms in total. The van der Waals surface area contributed by atoms with Gasteiger partial charge in [0.25, 0.3) is 0 Å². The number of nitrogens with one attached hydrogen (secondary N) is 1. The van der Waals surface area contributed by atoms with Crippen molar-refractivity contribution in [1.29, 1.82) is 0 Å². The number of piperidine rings is 1. The number of hydrogen-bond acceptors (Lipinski definition) is 3. The minimum atomic E-state index is -0.876. The van der Waals surface area contributed by atoms with Crippen molar-refractivity contribution in [2.45, 2.75) is 50.7 Å². The summed E-state index contributed by atoms with van der Waals surface area (Å²) in [6.07, 6.45) is 3.10. The number of amides is 2. The molecule has 1 aliphatic carbocycles. The number of nitrogens with zero attached hydrogens (tertiary/aromatic N) is 1. The van der Waals surface area contributed by atoms with Gasteiger partial charge in [-0.25, -0.2) is 4.79 Å². The molecule has 0 aromatic heterocycles. The molecule has 1 aliphatic heterocycles. The lowest BCUT2D eigenvalue weighted by atomic mass is 9.94. The minimum absolute atomic E-state index is 0.0119. The summed E-state index contributed by atoms with van der Waals surface area (Å²) in [5.41, 5.74) is -0.687. The molecule has 0 aromatic rings. The van der Waals surface area contributed by atoms with Gasteiger partial charge in [0.2, 0.25) is 0 Å². The lowest BCUT2D eigenvalue weighted by molar-refractivity contribution is -0.137. The van der Waals surface area contributed by atoms with Crippen LogP contribution in [0, 0.1) is 5.92 Å². The highest BCUT2D eigenvalue weighted by Crippen LogP contribution is 2.34. The van der Waals surface area contributed by atoms with Gasteiger partial charge in [-0.1, -0.05) is 0 Å². The summed E-state index contributed by atoms with van der Waals surface area (Å²) in [4.78, 5) is 24.5. The highest BCUT2D eigenvalue weighted by atomic mass is 16.4. The van der Waals surface area contributed by atoms with Gasteiger partial charge in [0.1, 0.15) is 0 Å². The van der Waals surface area contributed by atoms with Gasteiger partial charge < -0.3 is 20.4 Å². The van der Waals surface area contributed by atoms with Crippen LogP contribution in [-0.2, 0) is 4.79 Å². The average molecular weight is 270 g/mol. The summed E-state index contributed by atoms with van der Waals surface area (Å²) in [6, 6.07) is -0.457. The molecule has 0 bridgehead atoms. The molecule has 1 saturated carbocycles. The molecule has 1 atom stereocenters. The highest BCUT2D eigenvalue weighted by Gasteiger charge is 2.36. The molecule has 1 unspecified atom stereocenters. The summed E-state index contributed by atoms with van der Waals surface area (Å²) >= 11 is 0. The third-order valence-corrected chi connectivity index (χ3v) is 4.02. The first-order valence-corrected chi connectivity index (χ1v) is 6.87. The standard InChI is InChI=1S/C13H22N2O4/c1-13(19)4-6-15(7-5-13)12(18)14-10(8-11(16)17)9-2-3-9/h9-10,19H,2-8H2,1H3,(H,14,18)(H,16,17). The molecule has 108 valence electrons. The zero-order chi connectivity index (χ0) is 14.0. The Balaban J connectivity index is 1.84. The Kier molecular flexibility index (Phi) is 3.99. The third kappa shape index (κ3) is 4.09. The second kappa shape index (κ2) is 5.36. The Hall–Kier alpha value is -1.30. The molecule has 2 aliphatic rings. The van der Waals surface area contributed by atoms with E-state index in [1.54, 1.807) is 11.8 Å². The molecular weight excluding hydrogens is 248 g/mol. The van der Waals surface area contributed by atoms with Crippen molar-refractivity contribution in [2.75, 3.05) is 13.1 Å². The maximum absolute atomic E-state index is 12.1. The molecule has 2 rings (SSSR count). The van der Waals surface area contributed by atoms with Gasteiger partial charge in [0.15, 0.2) is 0 Å². The predicted octanol–water partition coefficient (Wildman–Crippen LogP) is 0.796. The molecular formula is C13H22N2O4. The summed E-state index contributed by atoms with van der Waals surface area (Å²) in [6.45, 7) is 2.81. The van der Waals surface area contributed by atoms with Gasteiger partial charge in [-0.05, 0) is 38.5 Å². The van der Waals surface area contributed by atoms with Crippen LogP contribution in [0.3, 0.4) is 0 Å². The molecule has 0 radical (unpaired) electrons. The average Bonchev–Trinajstić information content (AvgIpc) is 3.10. The number of aliphatic hydroxyl groups is 1. The van der Waals surface area contributed by atoms with Gasteiger partial charge >= 0.3 is 12.0 Å². The lowest BCUT2D eigenvalue weighted by Gasteiger charge is -2.36. The van der Waals surface area contributed by atoms with E-state index in [4.69, 9.17) is 5.11 Å². The topological polar surface area (TPSA) is 89.9 Å². The first kappa shape index (κ1) is 14.1. The van der Waals surface area contributed by atoms with Crippen LogP contribution in [0.5, 0.6) is 0 Å². The normalized spacial score (nSPS) is 23.8. The minimum Gasteiger partial charge on any atom is -0.481 e. The molecule has 6 heteroatoms. The number of carboxylic acids is 1. The molecule has 1 saturated heterocycles. The van der Waals surface area contributed by atoms with E-state index in [9.17, 15) is 14.7 Å². The van der Waals surface area contributed by atoms with E-state index in [1.165, 1.54) is 0 Å². The number of hydrogen-bond donors (Lipinski definition) is 3. The van der Waals surface area contributed by atoms with Crippen molar-refractivity contribution >= 4 is 12.0 Å². The van der Waals surface area contributed by atoms with Crippen molar-refractivity contribution < 1.29 is 19.8 Å². The molecule has 2 amide bonds. The van der Waals surface area contributed by atoms with Crippen molar-refractivity contribution in [1.82, 2.24) is 10.2 Å². The van der Waals surface area contributed by atoms with E-state index >= 15 is 0 Å². The molecule has 3 N–H and O–H groups in total.